The van der Waals surface area contributed by atoms with E-state index in [0.29, 0.717) is 19.3 Å². The molecule has 0 aliphatic rings. The van der Waals surface area contributed by atoms with E-state index >= 15 is 0 Å². The minimum absolute atomic E-state index is 0.239. The lowest BCUT2D eigenvalue weighted by atomic mass is 9.99. The summed E-state index contributed by atoms with van der Waals surface area (Å²) in [5, 5.41) is 9.16. The predicted molar refractivity (Wildman–Crippen MR) is 81.1 cm³/mol. The van der Waals surface area contributed by atoms with Crippen LogP contribution >= 0.6 is 0 Å². The number of rotatable bonds is 8. The van der Waals surface area contributed by atoms with Gasteiger partial charge in [0.25, 0.3) is 0 Å². The summed E-state index contributed by atoms with van der Waals surface area (Å²) in [6, 6.07) is 8.12. The van der Waals surface area contributed by atoms with E-state index in [2.05, 4.69) is 0 Å². The molecule has 4 nitrogen and oxygen atoms in total. The summed E-state index contributed by atoms with van der Waals surface area (Å²) in [7, 11) is 0. The van der Waals surface area contributed by atoms with E-state index in [0.717, 1.165) is 12.0 Å². The van der Waals surface area contributed by atoms with Gasteiger partial charge in [0.15, 0.2) is 5.92 Å². The van der Waals surface area contributed by atoms with Crippen molar-refractivity contribution in [3.05, 3.63) is 35.4 Å². The van der Waals surface area contributed by atoms with Gasteiger partial charge in [0.1, 0.15) is 0 Å². The zero-order valence-electron chi connectivity index (χ0n) is 13.0. The number of hydrogen-bond acceptors (Lipinski definition) is 3. The van der Waals surface area contributed by atoms with Gasteiger partial charge in [0.2, 0.25) is 0 Å². The Morgan fingerprint density at radius 2 is 1.86 bits per heavy atom. The second-order valence-electron chi connectivity index (χ2n) is 5.42. The van der Waals surface area contributed by atoms with Crippen molar-refractivity contribution in [1.82, 2.24) is 0 Å². The van der Waals surface area contributed by atoms with Crippen LogP contribution in [0.15, 0.2) is 24.3 Å². The van der Waals surface area contributed by atoms with Crippen molar-refractivity contribution in [1.29, 1.82) is 0 Å². The second kappa shape index (κ2) is 8.45. The van der Waals surface area contributed by atoms with Gasteiger partial charge in [0, 0.05) is 0 Å². The lowest BCUT2D eigenvalue weighted by Gasteiger charge is -2.15. The van der Waals surface area contributed by atoms with Gasteiger partial charge in [-0.15, -0.1) is 0 Å². The van der Waals surface area contributed by atoms with Crippen LogP contribution < -0.4 is 0 Å². The van der Waals surface area contributed by atoms with E-state index in [9.17, 15) is 9.59 Å². The summed E-state index contributed by atoms with van der Waals surface area (Å²) in [5.74, 6) is -2.79. The topological polar surface area (TPSA) is 63.6 Å². The van der Waals surface area contributed by atoms with E-state index < -0.39 is 17.9 Å². The van der Waals surface area contributed by atoms with Gasteiger partial charge < -0.3 is 9.84 Å². The fourth-order valence-corrected chi connectivity index (χ4v) is 1.97. The number of aryl methyl sites for hydroxylation is 2. The summed E-state index contributed by atoms with van der Waals surface area (Å²) in [6.07, 6.45) is 2.16. The van der Waals surface area contributed by atoms with Gasteiger partial charge in [-0.25, -0.2) is 0 Å². The molecule has 0 aliphatic heterocycles. The monoisotopic (exact) mass is 292 g/mol. The molecular formula is C17H24O4. The van der Waals surface area contributed by atoms with Crippen molar-refractivity contribution in [3.63, 3.8) is 0 Å². The summed E-state index contributed by atoms with van der Waals surface area (Å²) in [4.78, 5) is 23.0. The molecule has 0 fully saturated rings. The Kier molecular flexibility index (Phi) is 6.92. The number of carboxylic acids is 1. The van der Waals surface area contributed by atoms with E-state index in [1.807, 2.05) is 38.1 Å². The highest BCUT2D eigenvalue weighted by molar-refractivity contribution is 5.93. The molecule has 2 unspecified atom stereocenters. The van der Waals surface area contributed by atoms with E-state index in [4.69, 9.17) is 9.84 Å². The Morgan fingerprint density at radius 1 is 1.24 bits per heavy atom. The van der Waals surface area contributed by atoms with Crippen molar-refractivity contribution in [2.24, 2.45) is 5.92 Å². The number of carboxylic acid groups (broad SMARTS) is 1. The molecule has 1 aromatic carbocycles. The molecule has 0 aromatic heterocycles. The van der Waals surface area contributed by atoms with Gasteiger partial charge >= 0.3 is 11.9 Å². The highest BCUT2D eigenvalue weighted by Crippen LogP contribution is 2.15. The lowest BCUT2D eigenvalue weighted by Crippen LogP contribution is -2.28. The Morgan fingerprint density at radius 3 is 2.38 bits per heavy atom. The first kappa shape index (κ1) is 17.2. The first-order valence-electron chi connectivity index (χ1n) is 7.42. The number of carbonyl (C=O) groups is 2. The highest BCUT2D eigenvalue weighted by atomic mass is 16.5. The van der Waals surface area contributed by atoms with Gasteiger partial charge in [-0.2, -0.15) is 0 Å². The van der Waals surface area contributed by atoms with E-state index in [1.165, 1.54) is 5.56 Å². The number of esters is 1. The van der Waals surface area contributed by atoms with Crippen LogP contribution in [-0.2, 0) is 20.7 Å². The van der Waals surface area contributed by atoms with Crippen LogP contribution in [0.5, 0.6) is 0 Å². The standard InChI is InChI=1S/C17H24O4/c1-4-13(3)21-17(20)15(16(18)19)7-5-6-14-10-8-12(2)9-11-14/h8-11,13,15H,4-7H2,1-3H3,(H,18,19). The van der Waals surface area contributed by atoms with Crippen LogP contribution in [0, 0.1) is 12.8 Å². The van der Waals surface area contributed by atoms with E-state index in [-0.39, 0.29) is 6.10 Å². The normalized spacial score (nSPS) is 13.5. The average Bonchev–Trinajstić information content (AvgIpc) is 2.44. The SMILES string of the molecule is CCC(C)OC(=O)C(CCCc1ccc(C)cc1)C(=O)O. The molecule has 1 N–H and O–H groups in total. The fraction of sp³-hybridized carbons (Fsp3) is 0.529. The number of carbonyl (C=O) groups excluding carboxylic acids is 1. The maximum Gasteiger partial charge on any atom is 0.320 e. The van der Waals surface area contributed by atoms with Crippen LogP contribution in [0.3, 0.4) is 0 Å². The number of hydrogen-bond donors (Lipinski definition) is 1. The molecule has 0 amide bonds. The smallest absolute Gasteiger partial charge is 0.320 e. The van der Waals surface area contributed by atoms with Crippen molar-refractivity contribution in [2.45, 2.75) is 52.6 Å². The van der Waals surface area contributed by atoms with Crippen molar-refractivity contribution < 1.29 is 19.4 Å². The van der Waals surface area contributed by atoms with Crippen molar-refractivity contribution in [2.75, 3.05) is 0 Å². The number of benzene rings is 1. The molecule has 0 spiro atoms. The molecule has 0 aliphatic carbocycles. The van der Waals surface area contributed by atoms with Crippen LogP contribution in [0.2, 0.25) is 0 Å². The van der Waals surface area contributed by atoms with Gasteiger partial charge in [-0.3, -0.25) is 9.59 Å². The van der Waals surface area contributed by atoms with Crippen molar-refractivity contribution >= 4 is 11.9 Å². The highest BCUT2D eigenvalue weighted by Gasteiger charge is 2.28. The number of aliphatic carboxylic acids is 1. The lowest BCUT2D eigenvalue weighted by molar-refractivity contribution is -0.162. The molecule has 4 heteroatoms. The molecule has 116 valence electrons. The minimum atomic E-state index is -1.10. The fourth-order valence-electron chi connectivity index (χ4n) is 1.97. The van der Waals surface area contributed by atoms with Crippen LogP contribution in [0.4, 0.5) is 0 Å². The molecule has 21 heavy (non-hydrogen) atoms. The summed E-state index contributed by atoms with van der Waals surface area (Å²) < 4.78 is 5.12. The maximum absolute atomic E-state index is 11.8. The summed E-state index contributed by atoms with van der Waals surface area (Å²) >= 11 is 0. The van der Waals surface area contributed by atoms with E-state index in [1.54, 1.807) is 6.92 Å². The second-order valence-corrected chi connectivity index (χ2v) is 5.42. The molecule has 0 saturated heterocycles. The van der Waals surface area contributed by atoms with Crippen LogP contribution in [0.1, 0.15) is 44.2 Å². The van der Waals surface area contributed by atoms with Gasteiger partial charge in [0.05, 0.1) is 6.10 Å². The Balaban J connectivity index is 2.49. The quantitative estimate of drug-likeness (QED) is 0.589. The first-order chi connectivity index (χ1) is 9.93. The number of ether oxygens (including phenoxy) is 1. The van der Waals surface area contributed by atoms with Gasteiger partial charge in [-0.05, 0) is 45.1 Å². The third kappa shape index (κ3) is 5.98. The van der Waals surface area contributed by atoms with Crippen LogP contribution in [-0.4, -0.2) is 23.1 Å². The molecule has 2 atom stereocenters. The third-order valence-corrected chi connectivity index (χ3v) is 3.55. The zero-order valence-corrected chi connectivity index (χ0v) is 13.0. The molecule has 1 aromatic rings. The minimum Gasteiger partial charge on any atom is -0.481 e. The maximum atomic E-state index is 11.8. The first-order valence-corrected chi connectivity index (χ1v) is 7.42. The predicted octanol–water partition coefficient (Wildman–Crippen LogP) is 3.36. The average molecular weight is 292 g/mol. The summed E-state index contributed by atoms with van der Waals surface area (Å²) in [6.45, 7) is 5.68. The molecule has 0 bridgehead atoms. The van der Waals surface area contributed by atoms with Crippen molar-refractivity contribution in [3.8, 4) is 0 Å². The molecule has 0 saturated carbocycles. The molecular weight excluding hydrogens is 268 g/mol. The largest absolute Gasteiger partial charge is 0.481 e. The van der Waals surface area contributed by atoms with Gasteiger partial charge in [-0.1, -0.05) is 36.8 Å². The van der Waals surface area contributed by atoms with Crippen LogP contribution in [0.25, 0.3) is 0 Å². The summed E-state index contributed by atoms with van der Waals surface area (Å²) in [5.41, 5.74) is 2.35. The molecule has 0 radical (unpaired) electrons. The molecule has 0 heterocycles. The third-order valence-electron chi connectivity index (χ3n) is 3.55. The Hall–Kier alpha value is -1.84. The molecule has 1 rings (SSSR count). The Bertz CT molecular complexity index is 464. The zero-order chi connectivity index (χ0) is 15.8. The Labute approximate surface area is 126 Å².